The average Bonchev–Trinajstić information content (AvgIpc) is 3.19. The molecule has 1 aliphatic heterocycles. The fourth-order valence-electron chi connectivity index (χ4n) is 3.08. The van der Waals surface area contributed by atoms with Gasteiger partial charge >= 0.3 is 0 Å². The number of benzene rings is 2. The maximum absolute atomic E-state index is 12.9. The molecule has 29 heavy (non-hydrogen) atoms. The number of amides is 1. The zero-order valence-electron chi connectivity index (χ0n) is 15.5. The average molecular weight is 456 g/mol. The zero-order chi connectivity index (χ0) is 21.0. The third kappa shape index (κ3) is 4.90. The molecule has 1 fully saturated rings. The van der Waals surface area contributed by atoms with Gasteiger partial charge in [-0.15, -0.1) is 0 Å². The Bertz CT molecular complexity index is 1030. The molecule has 0 spiro atoms. The third-order valence-electron chi connectivity index (χ3n) is 4.50. The van der Waals surface area contributed by atoms with Gasteiger partial charge < -0.3 is 4.74 Å². The van der Waals surface area contributed by atoms with Crippen LogP contribution < -0.4 is 10.2 Å². The van der Waals surface area contributed by atoms with E-state index in [2.05, 4.69) is 10.5 Å². The summed E-state index contributed by atoms with van der Waals surface area (Å²) in [5.74, 6) is 0.0393. The van der Waals surface area contributed by atoms with Gasteiger partial charge in [0.1, 0.15) is 11.8 Å². The second kappa shape index (κ2) is 9.13. The van der Waals surface area contributed by atoms with E-state index in [0.717, 1.165) is 0 Å². The third-order valence-corrected chi connectivity index (χ3v) is 6.91. The number of nitrogens with one attached hydrogen (secondary N) is 1. The molecule has 0 saturated carbocycles. The van der Waals surface area contributed by atoms with Crippen molar-refractivity contribution in [1.82, 2.24) is 9.73 Å². The molecule has 1 N–H and O–H groups in total. The number of carbonyl (C=O) groups is 1. The van der Waals surface area contributed by atoms with Crippen LogP contribution in [0, 0.1) is 0 Å². The minimum absolute atomic E-state index is 0.0914. The van der Waals surface area contributed by atoms with Crippen molar-refractivity contribution in [2.75, 3.05) is 13.7 Å². The van der Waals surface area contributed by atoms with Crippen molar-refractivity contribution in [3.8, 4) is 5.75 Å². The van der Waals surface area contributed by atoms with Gasteiger partial charge in [-0.3, -0.25) is 4.79 Å². The van der Waals surface area contributed by atoms with Gasteiger partial charge in [0.15, 0.2) is 0 Å². The number of nitrogens with zero attached hydrogens (tertiary/aromatic N) is 2. The molecule has 2 aromatic carbocycles. The molecular formula is C19H19Cl2N3O4S. The molecule has 0 radical (unpaired) electrons. The molecule has 0 unspecified atom stereocenters. The molecule has 0 aliphatic carbocycles. The maximum Gasteiger partial charge on any atom is 0.258 e. The molecule has 0 bridgehead atoms. The number of hydrazone groups is 1. The van der Waals surface area contributed by atoms with Crippen molar-refractivity contribution in [3.63, 3.8) is 0 Å². The Labute approximate surface area is 179 Å². The van der Waals surface area contributed by atoms with Crippen LogP contribution in [0.5, 0.6) is 5.75 Å². The number of methoxy groups -OCH3 is 1. The molecule has 1 atom stereocenters. The van der Waals surface area contributed by atoms with Crippen molar-refractivity contribution in [1.29, 1.82) is 0 Å². The highest BCUT2D eigenvalue weighted by Crippen LogP contribution is 2.27. The van der Waals surface area contributed by atoms with E-state index in [1.54, 1.807) is 18.2 Å². The molecule has 1 saturated heterocycles. The van der Waals surface area contributed by atoms with Crippen molar-refractivity contribution in [2.45, 2.75) is 23.8 Å². The van der Waals surface area contributed by atoms with E-state index >= 15 is 0 Å². The minimum Gasteiger partial charge on any atom is -0.496 e. The number of carbonyl (C=O) groups excluding carboxylic acids is 1. The summed E-state index contributed by atoms with van der Waals surface area (Å²) in [4.78, 5) is 12.7. The Morgan fingerprint density at radius 3 is 2.59 bits per heavy atom. The first kappa shape index (κ1) is 21.6. The Hall–Kier alpha value is -2.13. The van der Waals surface area contributed by atoms with Crippen LogP contribution in [0.1, 0.15) is 18.4 Å². The van der Waals surface area contributed by atoms with E-state index < -0.39 is 22.0 Å². The van der Waals surface area contributed by atoms with Crippen LogP contribution >= 0.6 is 23.2 Å². The summed E-state index contributed by atoms with van der Waals surface area (Å²) < 4.78 is 32.2. The van der Waals surface area contributed by atoms with Crippen LogP contribution in [0.3, 0.4) is 0 Å². The highest BCUT2D eigenvalue weighted by Gasteiger charge is 2.39. The standard InChI is InChI=1S/C19H19Cl2N3O4S/c1-28-18-9-6-15(21)11-13(18)12-22-23-19(25)17-3-2-10-24(17)29(26,27)16-7-4-14(20)5-8-16/h4-9,11-12,17H,2-3,10H2,1H3,(H,23,25)/t17-/m0/s1. The summed E-state index contributed by atoms with van der Waals surface area (Å²) in [6.07, 6.45) is 2.39. The van der Waals surface area contributed by atoms with Crippen LogP contribution in [0.4, 0.5) is 0 Å². The van der Waals surface area contributed by atoms with Gasteiger partial charge in [0.25, 0.3) is 5.91 Å². The van der Waals surface area contributed by atoms with E-state index in [-0.39, 0.29) is 11.4 Å². The number of sulfonamides is 1. The first-order valence-corrected chi connectivity index (χ1v) is 11.0. The van der Waals surface area contributed by atoms with Crippen molar-refractivity contribution in [2.24, 2.45) is 5.10 Å². The summed E-state index contributed by atoms with van der Waals surface area (Å²) in [6.45, 7) is 0.259. The fraction of sp³-hybridized carbons (Fsp3) is 0.263. The first-order valence-electron chi connectivity index (χ1n) is 8.77. The zero-order valence-corrected chi connectivity index (χ0v) is 17.8. The lowest BCUT2D eigenvalue weighted by Gasteiger charge is -2.22. The van der Waals surface area contributed by atoms with Gasteiger partial charge in [0.05, 0.1) is 18.2 Å². The number of hydrogen-bond donors (Lipinski definition) is 1. The van der Waals surface area contributed by atoms with E-state index in [9.17, 15) is 13.2 Å². The summed E-state index contributed by atoms with van der Waals surface area (Å²) in [6, 6.07) is 10.0. The van der Waals surface area contributed by atoms with Gasteiger partial charge in [-0.05, 0) is 55.3 Å². The lowest BCUT2D eigenvalue weighted by atomic mass is 10.2. The molecular weight excluding hydrogens is 437 g/mol. The van der Waals surface area contributed by atoms with Crippen LogP contribution in [0.15, 0.2) is 52.5 Å². The second-order valence-electron chi connectivity index (χ2n) is 6.35. The lowest BCUT2D eigenvalue weighted by molar-refractivity contribution is -0.124. The topological polar surface area (TPSA) is 88.1 Å². The van der Waals surface area contributed by atoms with Gasteiger partial charge in [-0.1, -0.05) is 23.2 Å². The molecule has 0 aromatic heterocycles. The Morgan fingerprint density at radius 2 is 1.90 bits per heavy atom. The Balaban J connectivity index is 1.73. The Morgan fingerprint density at radius 1 is 1.21 bits per heavy atom. The van der Waals surface area contributed by atoms with E-state index in [1.165, 1.54) is 41.9 Å². The summed E-state index contributed by atoms with van der Waals surface area (Å²) in [7, 11) is -2.31. The number of halogens is 2. The fourth-order valence-corrected chi connectivity index (χ4v) is 5.04. The smallest absolute Gasteiger partial charge is 0.258 e. The number of ether oxygens (including phenoxy) is 1. The molecule has 10 heteroatoms. The highest BCUT2D eigenvalue weighted by atomic mass is 35.5. The normalized spacial score (nSPS) is 17.6. The molecule has 1 aliphatic rings. The maximum atomic E-state index is 12.9. The highest BCUT2D eigenvalue weighted by molar-refractivity contribution is 7.89. The van der Waals surface area contributed by atoms with Crippen LogP contribution in [-0.4, -0.2) is 44.5 Å². The van der Waals surface area contributed by atoms with Crippen molar-refractivity contribution in [3.05, 3.63) is 58.1 Å². The largest absolute Gasteiger partial charge is 0.496 e. The minimum atomic E-state index is -3.82. The lowest BCUT2D eigenvalue weighted by Crippen LogP contribution is -2.44. The first-order chi connectivity index (χ1) is 13.8. The van der Waals surface area contributed by atoms with Crippen molar-refractivity contribution < 1.29 is 17.9 Å². The predicted molar refractivity (Wildman–Crippen MR) is 112 cm³/mol. The van der Waals surface area contributed by atoms with E-state index in [0.29, 0.717) is 34.2 Å². The van der Waals surface area contributed by atoms with Crippen LogP contribution in [0.2, 0.25) is 10.0 Å². The summed E-state index contributed by atoms with van der Waals surface area (Å²) in [5.41, 5.74) is 2.99. The van der Waals surface area contributed by atoms with Gasteiger partial charge in [-0.2, -0.15) is 9.41 Å². The quantitative estimate of drug-likeness (QED) is 0.534. The molecule has 1 heterocycles. The van der Waals surface area contributed by atoms with Crippen molar-refractivity contribution >= 4 is 45.3 Å². The van der Waals surface area contributed by atoms with Crippen LogP contribution in [-0.2, 0) is 14.8 Å². The summed E-state index contributed by atoms with van der Waals surface area (Å²) >= 11 is 11.8. The van der Waals surface area contributed by atoms with Gasteiger partial charge in [-0.25, -0.2) is 13.8 Å². The molecule has 3 rings (SSSR count). The Kier molecular flexibility index (Phi) is 6.79. The monoisotopic (exact) mass is 455 g/mol. The van der Waals surface area contributed by atoms with E-state index in [1.807, 2.05) is 0 Å². The molecule has 2 aromatic rings. The molecule has 1 amide bonds. The molecule has 7 nitrogen and oxygen atoms in total. The van der Waals surface area contributed by atoms with Crippen LogP contribution in [0.25, 0.3) is 0 Å². The SMILES string of the molecule is COc1ccc(Cl)cc1C=NNC(=O)[C@@H]1CCCN1S(=O)(=O)c1ccc(Cl)cc1. The predicted octanol–water partition coefficient (Wildman–Crippen LogP) is 3.31. The number of hydrogen-bond acceptors (Lipinski definition) is 5. The second-order valence-corrected chi connectivity index (χ2v) is 9.11. The number of rotatable bonds is 6. The van der Waals surface area contributed by atoms with Gasteiger partial charge in [0.2, 0.25) is 10.0 Å². The summed E-state index contributed by atoms with van der Waals surface area (Å²) in [5, 5.41) is 4.87. The van der Waals surface area contributed by atoms with E-state index in [4.69, 9.17) is 27.9 Å². The molecule has 154 valence electrons. The van der Waals surface area contributed by atoms with Gasteiger partial charge in [0, 0.05) is 22.2 Å².